The molecule has 1 atom stereocenters. The molecule has 1 unspecified atom stereocenters. The molecule has 0 aliphatic rings. The summed E-state index contributed by atoms with van der Waals surface area (Å²) in [6.07, 6.45) is 3.12. The van der Waals surface area contributed by atoms with Gasteiger partial charge >= 0.3 is 0 Å². The van der Waals surface area contributed by atoms with Crippen molar-refractivity contribution in [2.24, 2.45) is 5.73 Å². The molecule has 0 saturated heterocycles. The van der Waals surface area contributed by atoms with Crippen LogP contribution in [0.1, 0.15) is 50.7 Å². The fraction of sp³-hybridized carbons (Fsp3) is 0.600. The van der Waals surface area contributed by atoms with Crippen LogP contribution in [0.2, 0.25) is 0 Å². The second-order valence-electron chi connectivity index (χ2n) is 4.57. The van der Waals surface area contributed by atoms with Crippen molar-refractivity contribution in [1.29, 1.82) is 0 Å². The van der Waals surface area contributed by atoms with Crippen LogP contribution < -0.4 is 10.5 Å². The molecule has 1 rings (SSSR count). The lowest BCUT2D eigenvalue weighted by Crippen LogP contribution is -2.06. The first-order chi connectivity index (χ1) is 8.22. The summed E-state index contributed by atoms with van der Waals surface area (Å²) in [5.74, 6) is 1.58. The molecule has 96 valence electrons. The van der Waals surface area contributed by atoms with E-state index in [1.807, 2.05) is 0 Å². The summed E-state index contributed by atoms with van der Waals surface area (Å²) >= 11 is 0. The Kier molecular flexibility index (Phi) is 6.06. The number of ether oxygens (including phenoxy) is 1. The molecule has 17 heavy (non-hydrogen) atoms. The van der Waals surface area contributed by atoms with Gasteiger partial charge in [0.15, 0.2) is 0 Å². The Morgan fingerprint density at radius 1 is 1.29 bits per heavy atom. The van der Waals surface area contributed by atoms with Gasteiger partial charge in [0.1, 0.15) is 5.75 Å². The maximum Gasteiger partial charge on any atom is 0.122 e. The van der Waals surface area contributed by atoms with Crippen molar-refractivity contribution >= 4 is 0 Å². The number of rotatable bonds is 7. The molecule has 1 aromatic rings. The Morgan fingerprint density at radius 3 is 2.65 bits per heavy atom. The van der Waals surface area contributed by atoms with Crippen molar-refractivity contribution in [3.05, 3.63) is 29.3 Å². The van der Waals surface area contributed by atoms with Crippen LogP contribution in [0.3, 0.4) is 0 Å². The summed E-state index contributed by atoms with van der Waals surface area (Å²) in [6, 6.07) is 6.48. The van der Waals surface area contributed by atoms with Crippen LogP contribution in [0.25, 0.3) is 0 Å². The molecule has 0 aliphatic heterocycles. The SMILES string of the molecule is CCCOc1ccc(CCN)cc1C(C)CC. The molecule has 0 fully saturated rings. The van der Waals surface area contributed by atoms with Crippen LogP contribution in [0, 0.1) is 0 Å². The lowest BCUT2D eigenvalue weighted by Gasteiger charge is -2.17. The maximum absolute atomic E-state index is 5.81. The van der Waals surface area contributed by atoms with E-state index in [4.69, 9.17) is 10.5 Å². The van der Waals surface area contributed by atoms with E-state index < -0.39 is 0 Å². The minimum Gasteiger partial charge on any atom is -0.493 e. The van der Waals surface area contributed by atoms with Crippen LogP contribution in [0.4, 0.5) is 0 Å². The van der Waals surface area contributed by atoms with Crippen LogP contribution >= 0.6 is 0 Å². The third kappa shape index (κ3) is 4.04. The van der Waals surface area contributed by atoms with E-state index in [-0.39, 0.29) is 0 Å². The largest absolute Gasteiger partial charge is 0.493 e. The van der Waals surface area contributed by atoms with Crippen LogP contribution in [0.15, 0.2) is 18.2 Å². The van der Waals surface area contributed by atoms with E-state index in [0.717, 1.165) is 31.6 Å². The molecule has 0 heterocycles. The molecule has 0 amide bonds. The summed E-state index contributed by atoms with van der Waals surface area (Å²) in [6.45, 7) is 8.09. The van der Waals surface area contributed by atoms with Crippen molar-refractivity contribution in [3.63, 3.8) is 0 Å². The molecule has 2 N–H and O–H groups in total. The van der Waals surface area contributed by atoms with Gasteiger partial charge in [-0.15, -0.1) is 0 Å². The van der Waals surface area contributed by atoms with Crippen LogP contribution in [-0.2, 0) is 6.42 Å². The first kappa shape index (κ1) is 14.0. The molecule has 0 spiro atoms. The van der Waals surface area contributed by atoms with Gasteiger partial charge in [0, 0.05) is 0 Å². The second kappa shape index (κ2) is 7.33. The molecule has 2 heteroatoms. The zero-order valence-electron chi connectivity index (χ0n) is 11.3. The predicted molar refractivity (Wildman–Crippen MR) is 73.7 cm³/mol. The smallest absolute Gasteiger partial charge is 0.122 e. The minimum atomic E-state index is 0.541. The predicted octanol–water partition coefficient (Wildman–Crippen LogP) is 3.49. The fourth-order valence-corrected chi connectivity index (χ4v) is 1.87. The Balaban J connectivity index is 2.94. The highest BCUT2D eigenvalue weighted by Crippen LogP contribution is 2.30. The third-order valence-corrected chi connectivity index (χ3v) is 3.11. The van der Waals surface area contributed by atoms with Crippen molar-refractivity contribution < 1.29 is 4.74 Å². The third-order valence-electron chi connectivity index (χ3n) is 3.11. The Labute approximate surface area is 105 Å². The molecule has 0 bridgehead atoms. The van der Waals surface area contributed by atoms with E-state index in [2.05, 4.69) is 39.0 Å². The van der Waals surface area contributed by atoms with Crippen molar-refractivity contribution in [2.75, 3.05) is 13.2 Å². The Hall–Kier alpha value is -1.02. The number of nitrogens with two attached hydrogens (primary N) is 1. The highest BCUT2D eigenvalue weighted by atomic mass is 16.5. The van der Waals surface area contributed by atoms with Crippen LogP contribution in [-0.4, -0.2) is 13.2 Å². The molecule has 0 radical (unpaired) electrons. The second-order valence-corrected chi connectivity index (χ2v) is 4.57. The average molecular weight is 235 g/mol. The van der Waals surface area contributed by atoms with E-state index >= 15 is 0 Å². The molecule has 0 aromatic heterocycles. The van der Waals surface area contributed by atoms with Crippen LogP contribution in [0.5, 0.6) is 5.75 Å². The molecule has 0 saturated carbocycles. The van der Waals surface area contributed by atoms with Gasteiger partial charge in [-0.25, -0.2) is 0 Å². The standard InChI is InChI=1S/C15H25NO/c1-4-10-17-15-7-6-13(8-9-16)11-14(15)12(3)5-2/h6-7,11-12H,4-5,8-10,16H2,1-3H3. The first-order valence-electron chi connectivity index (χ1n) is 6.68. The van der Waals surface area contributed by atoms with E-state index in [1.165, 1.54) is 11.1 Å². The molecular formula is C15H25NO. The Morgan fingerprint density at radius 2 is 2.06 bits per heavy atom. The van der Waals surface area contributed by atoms with Gasteiger partial charge in [0.2, 0.25) is 0 Å². The van der Waals surface area contributed by atoms with Crippen molar-refractivity contribution in [3.8, 4) is 5.75 Å². The number of hydrogen-bond donors (Lipinski definition) is 1. The zero-order chi connectivity index (χ0) is 12.7. The Bertz CT molecular complexity index is 336. The highest BCUT2D eigenvalue weighted by Gasteiger charge is 2.11. The summed E-state index contributed by atoms with van der Waals surface area (Å²) in [5.41, 5.74) is 8.24. The van der Waals surface area contributed by atoms with Gasteiger partial charge in [0.25, 0.3) is 0 Å². The topological polar surface area (TPSA) is 35.2 Å². The summed E-state index contributed by atoms with van der Waals surface area (Å²) < 4.78 is 5.81. The van der Waals surface area contributed by atoms with Gasteiger partial charge in [-0.2, -0.15) is 0 Å². The highest BCUT2D eigenvalue weighted by molar-refractivity contribution is 5.39. The summed E-state index contributed by atoms with van der Waals surface area (Å²) in [7, 11) is 0. The molecule has 2 nitrogen and oxygen atoms in total. The van der Waals surface area contributed by atoms with Gasteiger partial charge in [0.05, 0.1) is 6.61 Å². The molecule has 1 aromatic carbocycles. The summed E-state index contributed by atoms with van der Waals surface area (Å²) in [5, 5.41) is 0. The van der Waals surface area contributed by atoms with Gasteiger partial charge in [-0.3, -0.25) is 0 Å². The average Bonchev–Trinajstić information content (AvgIpc) is 2.36. The lowest BCUT2D eigenvalue weighted by atomic mass is 9.95. The van der Waals surface area contributed by atoms with Gasteiger partial charge in [-0.05, 0) is 48.9 Å². The van der Waals surface area contributed by atoms with Gasteiger partial charge in [-0.1, -0.05) is 32.9 Å². The van der Waals surface area contributed by atoms with E-state index in [1.54, 1.807) is 0 Å². The molecular weight excluding hydrogens is 210 g/mol. The summed E-state index contributed by atoms with van der Waals surface area (Å²) in [4.78, 5) is 0. The zero-order valence-corrected chi connectivity index (χ0v) is 11.3. The minimum absolute atomic E-state index is 0.541. The normalized spacial score (nSPS) is 12.5. The van der Waals surface area contributed by atoms with E-state index in [9.17, 15) is 0 Å². The fourth-order valence-electron chi connectivity index (χ4n) is 1.87. The quantitative estimate of drug-likeness (QED) is 0.785. The maximum atomic E-state index is 5.81. The lowest BCUT2D eigenvalue weighted by molar-refractivity contribution is 0.312. The van der Waals surface area contributed by atoms with Crippen molar-refractivity contribution in [1.82, 2.24) is 0 Å². The molecule has 0 aliphatic carbocycles. The number of hydrogen-bond acceptors (Lipinski definition) is 2. The van der Waals surface area contributed by atoms with E-state index in [0.29, 0.717) is 12.5 Å². The van der Waals surface area contributed by atoms with Gasteiger partial charge < -0.3 is 10.5 Å². The van der Waals surface area contributed by atoms with Crippen molar-refractivity contribution in [2.45, 2.75) is 46.0 Å². The monoisotopic (exact) mass is 235 g/mol. The number of benzene rings is 1. The first-order valence-corrected chi connectivity index (χ1v) is 6.68.